The van der Waals surface area contributed by atoms with E-state index in [0.717, 1.165) is 19.3 Å². The summed E-state index contributed by atoms with van der Waals surface area (Å²) in [5.41, 5.74) is 1.46. The van der Waals surface area contributed by atoms with E-state index in [1.54, 1.807) is 6.07 Å². The molecule has 1 atom stereocenters. The fourth-order valence-electron chi connectivity index (χ4n) is 2.38. The van der Waals surface area contributed by atoms with Crippen LogP contribution in [0.1, 0.15) is 37.6 Å². The van der Waals surface area contributed by atoms with Crippen LogP contribution in [0.4, 0.5) is 0 Å². The molecule has 0 amide bonds. The molecule has 2 rings (SSSR count). The van der Waals surface area contributed by atoms with E-state index >= 15 is 0 Å². The number of fused-ring (bicyclic) bond motifs is 1. The molecule has 0 aliphatic heterocycles. The van der Waals surface area contributed by atoms with Gasteiger partial charge in [-0.3, -0.25) is 0 Å². The van der Waals surface area contributed by atoms with Crippen molar-refractivity contribution in [1.82, 2.24) is 0 Å². The van der Waals surface area contributed by atoms with Crippen LogP contribution >= 0.6 is 11.3 Å². The summed E-state index contributed by atoms with van der Waals surface area (Å²) in [7, 11) is -3.53. The van der Waals surface area contributed by atoms with Crippen LogP contribution in [0.3, 0.4) is 0 Å². The van der Waals surface area contributed by atoms with E-state index in [1.165, 1.54) is 21.8 Å². The van der Waals surface area contributed by atoms with Gasteiger partial charge in [0.2, 0.25) is 10.0 Å². The summed E-state index contributed by atoms with van der Waals surface area (Å²) < 4.78 is 23.0. The molecule has 1 aromatic heterocycles. The molecular weight excluding hydrogens is 254 g/mol. The van der Waals surface area contributed by atoms with E-state index in [4.69, 9.17) is 5.14 Å². The van der Waals surface area contributed by atoms with Crippen molar-refractivity contribution in [2.45, 2.75) is 44.2 Å². The SMILES string of the molecule is CC(C)(C)C1CCc2sc(S(N)(=O)=O)cc2C1. The second-order valence-corrected chi connectivity index (χ2v) is 8.79. The maximum Gasteiger partial charge on any atom is 0.247 e. The fraction of sp³-hybridized carbons (Fsp3) is 0.667. The lowest BCUT2D eigenvalue weighted by atomic mass is 9.72. The molecule has 0 saturated heterocycles. The molecule has 1 heterocycles. The van der Waals surface area contributed by atoms with Gasteiger partial charge in [0.25, 0.3) is 0 Å². The van der Waals surface area contributed by atoms with Gasteiger partial charge in [-0.15, -0.1) is 11.3 Å². The highest BCUT2D eigenvalue weighted by Gasteiger charge is 2.30. The van der Waals surface area contributed by atoms with E-state index in [-0.39, 0.29) is 5.41 Å². The molecule has 5 heteroatoms. The third kappa shape index (κ3) is 2.72. The zero-order valence-corrected chi connectivity index (χ0v) is 12.1. The van der Waals surface area contributed by atoms with Crippen LogP contribution in [0.15, 0.2) is 10.3 Å². The van der Waals surface area contributed by atoms with Crippen molar-refractivity contribution < 1.29 is 8.42 Å². The van der Waals surface area contributed by atoms with Crippen molar-refractivity contribution >= 4 is 21.4 Å². The normalized spacial score (nSPS) is 21.3. The summed E-state index contributed by atoms with van der Waals surface area (Å²) >= 11 is 1.34. The first kappa shape index (κ1) is 13.1. The van der Waals surface area contributed by atoms with Gasteiger partial charge in [0.15, 0.2) is 0 Å². The number of thiophene rings is 1. The van der Waals surface area contributed by atoms with E-state index in [0.29, 0.717) is 10.1 Å². The second-order valence-electron chi connectivity index (χ2n) is 5.86. The molecule has 17 heavy (non-hydrogen) atoms. The van der Waals surface area contributed by atoms with Crippen LogP contribution in [0.2, 0.25) is 0 Å². The average Bonchev–Trinajstić information content (AvgIpc) is 2.57. The predicted octanol–water partition coefficient (Wildman–Crippen LogP) is 2.55. The molecule has 96 valence electrons. The standard InChI is InChI=1S/C12H19NO2S2/c1-12(2,3)9-4-5-10-8(6-9)7-11(16-10)17(13,14)15/h7,9H,4-6H2,1-3H3,(H2,13,14,15). The van der Waals surface area contributed by atoms with Gasteiger partial charge in [0, 0.05) is 4.88 Å². The Kier molecular flexibility index (Phi) is 3.13. The van der Waals surface area contributed by atoms with Crippen LogP contribution in [0.5, 0.6) is 0 Å². The Morgan fingerprint density at radius 3 is 2.59 bits per heavy atom. The molecule has 0 spiro atoms. The minimum absolute atomic E-state index is 0.279. The molecule has 0 saturated carbocycles. The molecule has 0 bridgehead atoms. The first-order chi connectivity index (χ1) is 7.68. The molecule has 0 fully saturated rings. The highest BCUT2D eigenvalue weighted by atomic mass is 32.2. The van der Waals surface area contributed by atoms with Gasteiger partial charge >= 0.3 is 0 Å². The lowest BCUT2D eigenvalue weighted by Crippen LogP contribution is -2.26. The molecule has 0 radical (unpaired) electrons. The van der Waals surface area contributed by atoms with Gasteiger partial charge in [0.05, 0.1) is 0 Å². The fourth-order valence-corrected chi connectivity index (χ4v) is 4.39. The molecule has 1 unspecified atom stereocenters. The molecule has 3 nitrogen and oxygen atoms in total. The van der Waals surface area contributed by atoms with Gasteiger partial charge in [-0.25, -0.2) is 13.6 Å². The topological polar surface area (TPSA) is 60.2 Å². The summed E-state index contributed by atoms with van der Waals surface area (Å²) in [6.45, 7) is 6.74. The first-order valence-corrected chi connectivity index (χ1v) is 8.18. The highest BCUT2D eigenvalue weighted by molar-refractivity contribution is 7.91. The number of sulfonamides is 1. The highest BCUT2D eigenvalue weighted by Crippen LogP contribution is 2.40. The lowest BCUT2D eigenvalue weighted by Gasteiger charge is -2.33. The van der Waals surface area contributed by atoms with Crippen molar-refractivity contribution in [3.05, 3.63) is 16.5 Å². The van der Waals surface area contributed by atoms with Crippen molar-refractivity contribution in [2.75, 3.05) is 0 Å². The van der Waals surface area contributed by atoms with E-state index in [9.17, 15) is 8.42 Å². The van der Waals surface area contributed by atoms with Gasteiger partial charge in [0.1, 0.15) is 4.21 Å². The second kappa shape index (κ2) is 4.07. The van der Waals surface area contributed by atoms with Crippen LogP contribution in [0.25, 0.3) is 0 Å². The third-order valence-corrected chi connectivity index (χ3v) is 6.22. The van der Waals surface area contributed by atoms with Gasteiger partial charge < -0.3 is 0 Å². The maximum atomic E-state index is 11.3. The number of hydrogen-bond acceptors (Lipinski definition) is 3. The summed E-state index contributed by atoms with van der Waals surface area (Å²) in [5, 5.41) is 5.17. The Hall–Kier alpha value is -0.390. The number of rotatable bonds is 1. The monoisotopic (exact) mass is 273 g/mol. The number of hydrogen-bond donors (Lipinski definition) is 1. The summed E-state index contributed by atoms with van der Waals surface area (Å²) in [5.74, 6) is 0.623. The smallest absolute Gasteiger partial charge is 0.224 e. The molecule has 1 aliphatic carbocycles. The van der Waals surface area contributed by atoms with E-state index in [1.807, 2.05) is 0 Å². The molecular formula is C12H19NO2S2. The van der Waals surface area contributed by atoms with E-state index in [2.05, 4.69) is 20.8 Å². The molecule has 1 aromatic rings. The van der Waals surface area contributed by atoms with Crippen LogP contribution in [-0.2, 0) is 22.9 Å². The van der Waals surface area contributed by atoms with Crippen LogP contribution in [-0.4, -0.2) is 8.42 Å². The number of aryl methyl sites for hydroxylation is 1. The summed E-state index contributed by atoms with van der Waals surface area (Å²) in [6.07, 6.45) is 3.10. The van der Waals surface area contributed by atoms with Crippen molar-refractivity contribution in [3.8, 4) is 0 Å². The third-order valence-electron chi connectivity index (χ3n) is 3.57. The van der Waals surface area contributed by atoms with Gasteiger partial charge in [-0.05, 0) is 42.2 Å². The summed E-state index contributed by atoms with van der Waals surface area (Å²) in [4.78, 5) is 1.20. The lowest BCUT2D eigenvalue weighted by molar-refractivity contribution is 0.217. The predicted molar refractivity (Wildman–Crippen MR) is 70.7 cm³/mol. The van der Waals surface area contributed by atoms with Crippen molar-refractivity contribution in [2.24, 2.45) is 16.5 Å². The number of nitrogens with two attached hydrogens (primary N) is 1. The molecule has 0 aromatic carbocycles. The maximum absolute atomic E-state index is 11.3. The Balaban J connectivity index is 2.31. The Morgan fingerprint density at radius 2 is 2.06 bits per heavy atom. The average molecular weight is 273 g/mol. The van der Waals surface area contributed by atoms with Gasteiger partial charge in [-0.1, -0.05) is 20.8 Å². The summed E-state index contributed by atoms with van der Waals surface area (Å²) in [6, 6.07) is 1.77. The van der Waals surface area contributed by atoms with E-state index < -0.39 is 10.0 Å². The molecule has 1 aliphatic rings. The largest absolute Gasteiger partial charge is 0.247 e. The minimum atomic E-state index is -3.53. The Labute approximate surface area is 107 Å². The van der Waals surface area contributed by atoms with Gasteiger partial charge in [-0.2, -0.15) is 0 Å². The molecule has 2 N–H and O–H groups in total. The van der Waals surface area contributed by atoms with Crippen molar-refractivity contribution in [1.29, 1.82) is 0 Å². The van der Waals surface area contributed by atoms with Crippen molar-refractivity contribution in [3.63, 3.8) is 0 Å². The minimum Gasteiger partial charge on any atom is -0.224 e. The quantitative estimate of drug-likeness (QED) is 0.854. The van der Waals surface area contributed by atoms with Crippen LogP contribution in [0, 0.1) is 11.3 Å². The zero-order chi connectivity index (χ0) is 12.8. The Bertz CT molecular complexity index is 523. The van der Waals surface area contributed by atoms with Crippen LogP contribution < -0.4 is 5.14 Å². The zero-order valence-electron chi connectivity index (χ0n) is 10.5. The first-order valence-electron chi connectivity index (χ1n) is 5.82. The Morgan fingerprint density at radius 1 is 1.41 bits per heavy atom. The number of primary sulfonamides is 1.